The summed E-state index contributed by atoms with van der Waals surface area (Å²) in [6, 6.07) is -0.821. The van der Waals surface area contributed by atoms with Crippen LogP contribution < -0.4 is 5.32 Å². The number of carbonyl (C=O) groups is 1. The van der Waals surface area contributed by atoms with Crippen molar-refractivity contribution in [3.05, 3.63) is 36.5 Å². The second-order valence-electron chi connectivity index (χ2n) is 24.7. The normalized spacial score (nSPS) is 18.6. The molecular weight excluding hydrogens is 995 g/mol. The Morgan fingerprint density at radius 3 is 1.05 bits per heavy atom. The largest absolute Gasteiger partial charge is 0.394 e. The van der Waals surface area contributed by atoms with E-state index >= 15 is 0 Å². The first kappa shape index (κ1) is 76.4. The molecule has 9 nitrogen and oxygen atoms in total. The number of amides is 1. The third-order valence-electron chi connectivity index (χ3n) is 16.9. The maximum atomic E-state index is 13.1. The Labute approximate surface area is 495 Å². The lowest BCUT2D eigenvalue weighted by atomic mass is 9.99. The van der Waals surface area contributed by atoms with Crippen LogP contribution in [0.5, 0.6) is 0 Å². The molecular formula is C71H135NO8. The smallest absolute Gasteiger partial charge is 0.220 e. The van der Waals surface area contributed by atoms with Crippen molar-refractivity contribution < 1.29 is 39.8 Å². The van der Waals surface area contributed by atoms with Gasteiger partial charge in [0.05, 0.1) is 25.4 Å². The summed E-state index contributed by atoms with van der Waals surface area (Å²) in [4.78, 5) is 13.1. The van der Waals surface area contributed by atoms with E-state index in [0.717, 1.165) is 38.5 Å². The third-order valence-corrected chi connectivity index (χ3v) is 16.9. The first-order chi connectivity index (χ1) is 39.3. The number of allylic oxidation sites excluding steroid dienone is 5. The summed E-state index contributed by atoms with van der Waals surface area (Å²) in [7, 11) is 0. The number of unbranched alkanes of at least 4 members (excludes halogenated alkanes) is 48. The van der Waals surface area contributed by atoms with Gasteiger partial charge in [-0.05, 0) is 57.8 Å². The minimum Gasteiger partial charge on any atom is -0.394 e. The summed E-state index contributed by atoms with van der Waals surface area (Å²) in [6.07, 6.45) is 74.1. The van der Waals surface area contributed by atoms with Crippen molar-refractivity contribution in [3.63, 3.8) is 0 Å². The van der Waals surface area contributed by atoms with Gasteiger partial charge in [-0.3, -0.25) is 4.79 Å². The van der Waals surface area contributed by atoms with Gasteiger partial charge < -0.3 is 40.3 Å². The van der Waals surface area contributed by atoms with E-state index in [9.17, 15) is 30.3 Å². The number of nitrogens with one attached hydrogen (secondary N) is 1. The maximum Gasteiger partial charge on any atom is 0.220 e. The summed E-state index contributed by atoms with van der Waals surface area (Å²) < 4.78 is 11.3. The van der Waals surface area contributed by atoms with Crippen LogP contribution in [0.3, 0.4) is 0 Å². The van der Waals surface area contributed by atoms with Gasteiger partial charge in [0.25, 0.3) is 0 Å². The van der Waals surface area contributed by atoms with Crippen LogP contribution >= 0.6 is 0 Å². The van der Waals surface area contributed by atoms with Gasteiger partial charge >= 0.3 is 0 Å². The molecule has 0 aromatic heterocycles. The topological polar surface area (TPSA) is 149 Å². The Hall–Kier alpha value is -1.59. The van der Waals surface area contributed by atoms with E-state index in [1.165, 1.54) is 295 Å². The highest BCUT2D eigenvalue weighted by molar-refractivity contribution is 5.76. The molecule has 9 heteroatoms. The van der Waals surface area contributed by atoms with E-state index in [2.05, 4.69) is 43.5 Å². The first-order valence-electron chi connectivity index (χ1n) is 35.2. The molecule has 1 aliphatic heterocycles. The molecule has 472 valence electrons. The zero-order valence-electron chi connectivity index (χ0n) is 52.9. The summed E-state index contributed by atoms with van der Waals surface area (Å²) in [6.45, 7) is 3.81. The van der Waals surface area contributed by atoms with Crippen LogP contribution in [-0.4, -0.2) is 87.5 Å². The summed E-state index contributed by atoms with van der Waals surface area (Å²) in [5.74, 6) is -0.179. The average Bonchev–Trinajstić information content (AvgIpc) is 3.46. The number of carbonyl (C=O) groups excluding carboxylic acids is 1. The Balaban J connectivity index is 2.10. The van der Waals surface area contributed by atoms with Crippen LogP contribution in [0.4, 0.5) is 0 Å². The van der Waals surface area contributed by atoms with Gasteiger partial charge in [0, 0.05) is 6.42 Å². The minimum absolute atomic E-state index is 0.179. The van der Waals surface area contributed by atoms with E-state index in [-0.39, 0.29) is 12.5 Å². The monoisotopic (exact) mass is 1130 g/mol. The first-order valence-corrected chi connectivity index (χ1v) is 35.2. The number of ether oxygens (including phenoxy) is 2. The highest BCUT2D eigenvalue weighted by Gasteiger charge is 2.44. The van der Waals surface area contributed by atoms with Gasteiger partial charge in [-0.25, -0.2) is 0 Å². The lowest BCUT2D eigenvalue weighted by molar-refractivity contribution is -0.302. The molecule has 7 atom stereocenters. The fraction of sp³-hybridized carbons (Fsp3) is 0.901. The predicted molar refractivity (Wildman–Crippen MR) is 341 cm³/mol. The number of rotatable bonds is 62. The molecule has 1 heterocycles. The van der Waals surface area contributed by atoms with Crippen LogP contribution in [0, 0.1) is 0 Å². The standard InChI is InChI=1S/C71H135NO8/c1-3-5-7-9-11-13-15-17-19-21-23-25-27-28-29-30-31-32-33-34-35-36-37-38-39-41-43-45-47-49-51-53-55-57-59-61-67(75)72-64(63-79-71-70(78)69(77)68(76)66(62-73)80-71)65(74)60-58-56-54-52-50-48-46-44-42-40-26-24-22-20-18-16-14-12-10-8-6-4-2/h21,23,50,52,58,60,64-66,68-71,73-74,76-78H,3-20,22,24-49,51,53-57,59,61-63H2,1-2H3,(H,72,75)/b23-21-,52-50+,60-58+. The minimum atomic E-state index is -1.57. The zero-order valence-corrected chi connectivity index (χ0v) is 52.9. The van der Waals surface area contributed by atoms with Crippen LogP contribution in [0.1, 0.15) is 354 Å². The molecule has 7 unspecified atom stereocenters. The van der Waals surface area contributed by atoms with Crippen molar-refractivity contribution in [1.82, 2.24) is 5.32 Å². The second-order valence-corrected chi connectivity index (χ2v) is 24.7. The lowest BCUT2D eigenvalue weighted by Crippen LogP contribution is -2.60. The van der Waals surface area contributed by atoms with Crippen LogP contribution in [-0.2, 0) is 14.3 Å². The van der Waals surface area contributed by atoms with Gasteiger partial charge in [-0.15, -0.1) is 0 Å². The van der Waals surface area contributed by atoms with Crippen molar-refractivity contribution >= 4 is 5.91 Å². The van der Waals surface area contributed by atoms with Gasteiger partial charge in [-0.2, -0.15) is 0 Å². The van der Waals surface area contributed by atoms with Crippen LogP contribution in [0.25, 0.3) is 0 Å². The van der Waals surface area contributed by atoms with Crippen LogP contribution in [0.15, 0.2) is 36.5 Å². The fourth-order valence-electron chi connectivity index (χ4n) is 11.4. The third kappa shape index (κ3) is 48.7. The highest BCUT2D eigenvalue weighted by atomic mass is 16.7. The van der Waals surface area contributed by atoms with E-state index in [4.69, 9.17) is 9.47 Å². The number of aliphatic hydroxyl groups is 5. The summed E-state index contributed by atoms with van der Waals surface area (Å²) in [5.41, 5.74) is 0. The van der Waals surface area contributed by atoms with E-state index < -0.39 is 49.5 Å². The van der Waals surface area contributed by atoms with E-state index in [1.54, 1.807) is 6.08 Å². The molecule has 80 heavy (non-hydrogen) atoms. The Bertz CT molecular complexity index is 1360. The number of hydrogen-bond acceptors (Lipinski definition) is 8. The van der Waals surface area contributed by atoms with Crippen molar-refractivity contribution in [2.75, 3.05) is 13.2 Å². The predicted octanol–water partition coefficient (Wildman–Crippen LogP) is 19.0. The SMILES string of the molecule is CCCCCCCCCC/C=C\CCCCCCCCCCCCCCCCCCCCCCCCCC(=O)NC(COC1OC(CO)C(O)C(O)C1O)C(O)/C=C/CC/C=C/CCCCCCCCCCCCCCCCCC. The molecule has 6 N–H and O–H groups in total. The molecule has 1 saturated heterocycles. The molecule has 0 spiro atoms. The van der Waals surface area contributed by atoms with Crippen LogP contribution in [0.2, 0.25) is 0 Å². The summed E-state index contributed by atoms with van der Waals surface area (Å²) >= 11 is 0. The Morgan fingerprint density at radius 1 is 0.412 bits per heavy atom. The van der Waals surface area contributed by atoms with Gasteiger partial charge in [-0.1, -0.05) is 326 Å². The molecule has 1 fully saturated rings. The van der Waals surface area contributed by atoms with Gasteiger partial charge in [0.1, 0.15) is 24.4 Å². The summed E-state index contributed by atoms with van der Waals surface area (Å²) in [5, 5.41) is 54.7. The Morgan fingerprint density at radius 2 is 0.713 bits per heavy atom. The lowest BCUT2D eigenvalue weighted by Gasteiger charge is -2.40. The second kappa shape index (κ2) is 60.5. The molecule has 0 aromatic carbocycles. The molecule has 0 radical (unpaired) electrons. The maximum absolute atomic E-state index is 13.1. The highest BCUT2D eigenvalue weighted by Crippen LogP contribution is 2.23. The average molecular weight is 1130 g/mol. The Kier molecular flexibility index (Phi) is 57.8. The molecule has 0 saturated carbocycles. The zero-order chi connectivity index (χ0) is 57.9. The van der Waals surface area contributed by atoms with E-state index in [1.807, 2.05) is 6.08 Å². The molecule has 1 aliphatic rings. The van der Waals surface area contributed by atoms with Gasteiger partial charge in [0.2, 0.25) is 5.91 Å². The molecule has 1 amide bonds. The van der Waals surface area contributed by atoms with Crippen molar-refractivity contribution in [2.24, 2.45) is 0 Å². The van der Waals surface area contributed by atoms with Gasteiger partial charge in [0.15, 0.2) is 6.29 Å². The number of aliphatic hydroxyl groups excluding tert-OH is 5. The molecule has 0 bridgehead atoms. The van der Waals surface area contributed by atoms with Crippen molar-refractivity contribution in [1.29, 1.82) is 0 Å². The number of hydrogen-bond donors (Lipinski definition) is 6. The fourth-order valence-corrected chi connectivity index (χ4v) is 11.4. The van der Waals surface area contributed by atoms with Crippen molar-refractivity contribution in [3.8, 4) is 0 Å². The molecule has 0 aromatic rings. The van der Waals surface area contributed by atoms with E-state index in [0.29, 0.717) is 6.42 Å². The van der Waals surface area contributed by atoms with Crippen molar-refractivity contribution in [2.45, 2.75) is 397 Å². The quantitative estimate of drug-likeness (QED) is 0.0261. The molecule has 0 aliphatic carbocycles. The molecule has 1 rings (SSSR count).